The van der Waals surface area contributed by atoms with Crippen LogP contribution in [0.4, 0.5) is 0 Å². The van der Waals surface area contributed by atoms with Gasteiger partial charge < -0.3 is 14.3 Å². The first kappa shape index (κ1) is 12.2. The maximum atomic E-state index is 12.0. The van der Waals surface area contributed by atoms with Gasteiger partial charge in [-0.15, -0.1) is 10.2 Å². The van der Waals surface area contributed by atoms with Crippen LogP contribution < -0.4 is 5.32 Å². The Hall–Kier alpha value is -1.82. The van der Waals surface area contributed by atoms with Crippen molar-refractivity contribution < 1.29 is 9.21 Å². The molecule has 1 amide bonds. The summed E-state index contributed by atoms with van der Waals surface area (Å²) >= 11 is 5.78. The lowest BCUT2D eigenvalue weighted by atomic mass is 10.2. The Bertz CT molecular complexity index is 619. The van der Waals surface area contributed by atoms with E-state index in [-0.39, 0.29) is 17.2 Å². The van der Waals surface area contributed by atoms with Crippen molar-refractivity contribution in [3.8, 4) is 0 Å². The van der Waals surface area contributed by atoms with Gasteiger partial charge in [0.2, 0.25) is 5.22 Å². The summed E-state index contributed by atoms with van der Waals surface area (Å²) in [5, 5.41) is 11.2. The number of carbonyl (C=O) groups excluding carboxylic acids is 1. The van der Waals surface area contributed by atoms with Gasteiger partial charge in [0.05, 0.1) is 17.9 Å². The molecule has 0 bridgehead atoms. The van der Waals surface area contributed by atoms with Crippen LogP contribution in [-0.4, -0.2) is 20.7 Å². The van der Waals surface area contributed by atoms with Crippen LogP contribution in [0.2, 0.25) is 5.22 Å². The smallest absolute Gasteiger partial charge is 0.256 e. The maximum Gasteiger partial charge on any atom is 0.256 e. The lowest BCUT2D eigenvalue weighted by Crippen LogP contribution is -2.28. The summed E-state index contributed by atoms with van der Waals surface area (Å²) in [4.78, 5) is 12.0. The quantitative estimate of drug-likeness (QED) is 0.933. The number of halogens is 1. The van der Waals surface area contributed by atoms with Gasteiger partial charge in [0.1, 0.15) is 5.82 Å². The standard InChI is InChI=1S/C12H13ClN4O2/c1-7(11-16-15-9-3-2-5-17(9)11)14-12(18)8-4-6-19-10(8)13/h4,6-7H,2-3,5H2,1H3,(H,14,18). The van der Waals surface area contributed by atoms with Crippen molar-refractivity contribution in [3.63, 3.8) is 0 Å². The second-order valence-electron chi connectivity index (χ2n) is 4.53. The molecule has 1 unspecified atom stereocenters. The van der Waals surface area contributed by atoms with Gasteiger partial charge in [-0.05, 0) is 31.0 Å². The molecule has 0 fully saturated rings. The molecule has 2 aromatic heterocycles. The van der Waals surface area contributed by atoms with Crippen LogP contribution in [0, 0.1) is 0 Å². The Balaban J connectivity index is 1.76. The van der Waals surface area contributed by atoms with Gasteiger partial charge in [0.25, 0.3) is 5.91 Å². The molecule has 0 aromatic carbocycles. The number of aromatic nitrogens is 3. The van der Waals surface area contributed by atoms with Crippen molar-refractivity contribution in [3.05, 3.63) is 34.8 Å². The van der Waals surface area contributed by atoms with Crippen molar-refractivity contribution in [2.75, 3.05) is 0 Å². The zero-order valence-corrected chi connectivity index (χ0v) is 11.1. The van der Waals surface area contributed by atoms with E-state index in [1.54, 1.807) is 6.07 Å². The molecule has 1 atom stereocenters. The maximum absolute atomic E-state index is 12.0. The topological polar surface area (TPSA) is 73.0 Å². The number of nitrogens with zero attached hydrogens (tertiary/aromatic N) is 3. The predicted molar refractivity (Wildman–Crippen MR) is 67.9 cm³/mol. The summed E-state index contributed by atoms with van der Waals surface area (Å²) in [6.45, 7) is 2.78. The van der Waals surface area contributed by atoms with Gasteiger partial charge in [-0.3, -0.25) is 4.79 Å². The van der Waals surface area contributed by atoms with Crippen LogP contribution >= 0.6 is 11.6 Å². The molecule has 19 heavy (non-hydrogen) atoms. The number of rotatable bonds is 3. The lowest BCUT2D eigenvalue weighted by Gasteiger charge is -2.13. The molecular weight excluding hydrogens is 268 g/mol. The molecule has 0 spiro atoms. The van der Waals surface area contributed by atoms with Gasteiger partial charge in [0.15, 0.2) is 5.82 Å². The molecule has 6 nitrogen and oxygen atoms in total. The van der Waals surface area contributed by atoms with Crippen LogP contribution in [-0.2, 0) is 13.0 Å². The van der Waals surface area contributed by atoms with E-state index < -0.39 is 0 Å². The molecule has 0 saturated heterocycles. The monoisotopic (exact) mass is 280 g/mol. The highest BCUT2D eigenvalue weighted by atomic mass is 35.5. The van der Waals surface area contributed by atoms with Crippen LogP contribution in [0.15, 0.2) is 16.7 Å². The Kier molecular flexibility index (Phi) is 3.02. The molecule has 0 aliphatic carbocycles. The van der Waals surface area contributed by atoms with Gasteiger partial charge in [-0.2, -0.15) is 0 Å². The first-order chi connectivity index (χ1) is 9.16. The molecular formula is C12H13ClN4O2. The third-order valence-corrected chi connectivity index (χ3v) is 3.53. The first-order valence-electron chi connectivity index (χ1n) is 6.12. The minimum atomic E-state index is -0.276. The van der Waals surface area contributed by atoms with E-state index in [0.29, 0.717) is 5.56 Å². The normalized spacial score (nSPS) is 15.3. The number of aryl methyl sites for hydroxylation is 1. The van der Waals surface area contributed by atoms with Crippen LogP contribution in [0.5, 0.6) is 0 Å². The summed E-state index contributed by atoms with van der Waals surface area (Å²) in [7, 11) is 0. The van der Waals surface area contributed by atoms with E-state index in [1.165, 1.54) is 6.26 Å². The van der Waals surface area contributed by atoms with Crippen LogP contribution in [0.25, 0.3) is 0 Å². The fraction of sp³-hybridized carbons (Fsp3) is 0.417. The minimum absolute atomic E-state index is 0.0937. The number of amides is 1. The third-order valence-electron chi connectivity index (χ3n) is 3.24. The van der Waals surface area contributed by atoms with E-state index in [9.17, 15) is 4.79 Å². The van der Waals surface area contributed by atoms with Gasteiger partial charge in [-0.1, -0.05) is 0 Å². The van der Waals surface area contributed by atoms with Gasteiger partial charge >= 0.3 is 0 Å². The SMILES string of the molecule is CC(NC(=O)c1ccoc1Cl)c1nnc2n1CCC2. The molecule has 0 radical (unpaired) electrons. The molecule has 1 N–H and O–H groups in total. The van der Waals surface area contributed by atoms with E-state index in [0.717, 1.165) is 31.0 Å². The number of hydrogen-bond donors (Lipinski definition) is 1. The van der Waals surface area contributed by atoms with Crippen molar-refractivity contribution in [2.45, 2.75) is 32.4 Å². The molecule has 2 aromatic rings. The highest BCUT2D eigenvalue weighted by Crippen LogP contribution is 2.21. The zero-order valence-electron chi connectivity index (χ0n) is 10.4. The number of furan rings is 1. The molecule has 3 rings (SSSR count). The van der Waals surface area contributed by atoms with Crippen molar-refractivity contribution in [2.24, 2.45) is 0 Å². The largest absolute Gasteiger partial charge is 0.452 e. The van der Waals surface area contributed by atoms with Crippen LogP contribution in [0.1, 0.15) is 41.4 Å². The van der Waals surface area contributed by atoms with E-state index in [2.05, 4.69) is 20.1 Å². The Morgan fingerprint density at radius 2 is 2.42 bits per heavy atom. The molecule has 3 heterocycles. The molecule has 1 aliphatic rings. The number of fused-ring (bicyclic) bond motifs is 1. The average Bonchev–Trinajstić information content (AvgIpc) is 3.02. The summed E-state index contributed by atoms with van der Waals surface area (Å²) in [5.41, 5.74) is 0.328. The highest BCUT2D eigenvalue weighted by molar-refractivity contribution is 6.32. The van der Waals surface area contributed by atoms with Crippen molar-refractivity contribution in [1.29, 1.82) is 0 Å². The fourth-order valence-electron chi connectivity index (χ4n) is 2.29. The molecule has 0 saturated carbocycles. The number of hydrogen-bond acceptors (Lipinski definition) is 4. The molecule has 1 aliphatic heterocycles. The van der Waals surface area contributed by atoms with Gasteiger partial charge in [-0.25, -0.2) is 0 Å². The minimum Gasteiger partial charge on any atom is -0.452 e. The third kappa shape index (κ3) is 2.12. The van der Waals surface area contributed by atoms with E-state index in [1.807, 2.05) is 6.92 Å². The van der Waals surface area contributed by atoms with Crippen LogP contribution in [0.3, 0.4) is 0 Å². The second kappa shape index (κ2) is 4.70. The van der Waals surface area contributed by atoms with Crippen molar-refractivity contribution >= 4 is 17.5 Å². The first-order valence-corrected chi connectivity index (χ1v) is 6.50. The van der Waals surface area contributed by atoms with E-state index in [4.69, 9.17) is 16.0 Å². The molecule has 100 valence electrons. The zero-order chi connectivity index (χ0) is 13.4. The number of carbonyl (C=O) groups is 1. The summed E-state index contributed by atoms with van der Waals surface area (Å²) in [6, 6.07) is 1.32. The Labute approximate surface area is 114 Å². The van der Waals surface area contributed by atoms with Gasteiger partial charge in [0, 0.05) is 13.0 Å². The highest BCUT2D eigenvalue weighted by Gasteiger charge is 2.23. The van der Waals surface area contributed by atoms with E-state index >= 15 is 0 Å². The average molecular weight is 281 g/mol. The lowest BCUT2D eigenvalue weighted by molar-refractivity contribution is 0.0937. The second-order valence-corrected chi connectivity index (χ2v) is 4.88. The Morgan fingerprint density at radius 3 is 3.16 bits per heavy atom. The summed E-state index contributed by atoms with van der Waals surface area (Å²) < 4.78 is 6.96. The Morgan fingerprint density at radius 1 is 1.58 bits per heavy atom. The summed E-state index contributed by atoms with van der Waals surface area (Å²) in [5.74, 6) is 1.49. The summed E-state index contributed by atoms with van der Waals surface area (Å²) in [6.07, 6.45) is 3.41. The molecule has 7 heteroatoms. The van der Waals surface area contributed by atoms with Crippen molar-refractivity contribution in [1.82, 2.24) is 20.1 Å². The predicted octanol–water partition coefficient (Wildman–Crippen LogP) is 1.96. The fourth-order valence-corrected chi connectivity index (χ4v) is 2.49. The number of nitrogens with one attached hydrogen (secondary N) is 1.